The monoisotopic (exact) mass is 291 g/mol. The van der Waals surface area contributed by atoms with Crippen molar-refractivity contribution in [3.8, 4) is 0 Å². The lowest BCUT2D eigenvalue weighted by atomic mass is 9.94. The summed E-state index contributed by atoms with van der Waals surface area (Å²) in [7, 11) is 0. The summed E-state index contributed by atoms with van der Waals surface area (Å²) in [6.07, 6.45) is 2.97. The summed E-state index contributed by atoms with van der Waals surface area (Å²) in [5.74, 6) is 0.313. The van der Waals surface area contributed by atoms with Crippen LogP contribution in [0.4, 0.5) is 5.69 Å². The van der Waals surface area contributed by atoms with E-state index >= 15 is 0 Å². The first-order chi connectivity index (χ1) is 10.0. The third kappa shape index (κ3) is 3.58. The van der Waals surface area contributed by atoms with Gasteiger partial charge >= 0.3 is 0 Å². The molecule has 6 nitrogen and oxygen atoms in total. The van der Waals surface area contributed by atoms with Gasteiger partial charge in [0.1, 0.15) is 0 Å². The second-order valence-corrected chi connectivity index (χ2v) is 5.60. The first kappa shape index (κ1) is 15.4. The first-order valence-electron chi connectivity index (χ1n) is 7.27. The predicted octanol–water partition coefficient (Wildman–Crippen LogP) is 2.10. The number of carbonyl (C=O) groups excluding carboxylic acids is 1. The Morgan fingerprint density at radius 3 is 2.95 bits per heavy atom. The second kappa shape index (κ2) is 6.67. The van der Waals surface area contributed by atoms with Crippen LogP contribution in [0, 0.1) is 23.0 Å². The lowest BCUT2D eigenvalue weighted by Gasteiger charge is -2.32. The molecule has 0 radical (unpaired) electrons. The van der Waals surface area contributed by atoms with Crippen LogP contribution in [0.15, 0.2) is 18.2 Å². The smallest absolute Gasteiger partial charge is 0.273 e. The van der Waals surface area contributed by atoms with Gasteiger partial charge in [-0.1, -0.05) is 6.07 Å². The molecule has 1 heterocycles. The standard InChI is InChI=1S/C15H21N3O3/c1-11-4-5-13(9-14(11)18(20)21)15(19)17-8-2-3-12(10-17)6-7-16/h4-5,9,12H,2-3,6-8,10,16H2,1H3. The molecule has 21 heavy (non-hydrogen) atoms. The Morgan fingerprint density at radius 2 is 2.29 bits per heavy atom. The van der Waals surface area contributed by atoms with Crippen LogP contribution < -0.4 is 5.73 Å². The van der Waals surface area contributed by atoms with Crippen molar-refractivity contribution < 1.29 is 9.72 Å². The van der Waals surface area contributed by atoms with Gasteiger partial charge in [0.25, 0.3) is 11.6 Å². The van der Waals surface area contributed by atoms with Crippen molar-refractivity contribution in [2.75, 3.05) is 19.6 Å². The summed E-state index contributed by atoms with van der Waals surface area (Å²) in [5, 5.41) is 11.0. The fourth-order valence-electron chi connectivity index (χ4n) is 2.84. The maximum Gasteiger partial charge on any atom is 0.273 e. The van der Waals surface area contributed by atoms with E-state index in [9.17, 15) is 14.9 Å². The zero-order valence-corrected chi connectivity index (χ0v) is 12.2. The Labute approximate surface area is 124 Å². The quantitative estimate of drug-likeness (QED) is 0.679. The van der Waals surface area contributed by atoms with Crippen molar-refractivity contribution in [3.05, 3.63) is 39.4 Å². The van der Waals surface area contributed by atoms with E-state index in [1.54, 1.807) is 24.0 Å². The molecule has 0 bridgehead atoms. The van der Waals surface area contributed by atoms with Crippen LogP contribution in [0.1, 0.15) is 35.2 Å². The molecule has 2 rings (SSSR count). The summed E-state index contributed by atoms with van der Waals surface area (Å²) in [4.78, 5) is 24.8. The third-order valence-corrected chi connectivity index (χ3v) is 4.03. The van der Waals surface area contributed by atoms with Crippen molar-refractivity contribution in [1.29, 1.82) is 0 Å². The summed E-state index contributed by atoms with van der Waals surface area (Å²) < 4.78 is 0. The van der Waals surface area contributed by atoms with Crippen LogP contribution in [-0.2, 0) is 0 Å². The van der Waals surface area contributed by atoms with Gasteiger partial charge in [-0.3, -0.25) is 14.9 Å². The molecule has 1 amide bonds. The lowest BCUT2D eigenvalue weighted by molar-refractivity contribution is -0.385. The Morgan fingerprint density at radius 1 is 1.52 bits per heavy atom. The minimum atomic E-state index is -0.445. The van der Waals surface area contributed by atoms with Gasteiger partial charge in [-0.2, -0.15) is 0 Å². The second-order valence-electron chi connectivity index (χ2n) is 5.60. The average molecular weight is 291 g/mol. The number of piperidine rings is 1. The van der Waals surface area contributed by atoms with Gasteiger partial charge in [0, 0.05) is 30.3 Å². The van der Waals surface area contributed by atoms with Crippen molar-refractivity contribution in [2.24, 2.45) is 11.7 Å². The third-order valence-electron chi connectivity index (χ3n) is 4.03. The molecule has 0 aliphatic carbocycles. The number of hydrogen-bond donors (Lipinski definition) is 1. The number of benzene rings is 1. The molecule has 1 aliphatic heterocycles. The molecule has 0 saturated carbocycles. The highest BCUT2D eigenvalue weighted by Gasteiger charge is 2.25. The molecule has 6 heteroatoms. The highest BCUT2D eigenvalue weighted by molar-refractivity contribution is 5.95. The number of rotatable bonds is 4. The number of carbonyl (C=O) groups is 1. The molecular formula is C15H21N3O3. The zero-order chi connectivity index (χ0) is 15.4. The van der Waals surface area contributed by atoms with Crippen LogP contribution >= 0.6 is 0 Å². The molecule has 0 spiro atoms. The number of aryl methyl sites for hydroxylation is 1. The van der Waals surface area contributed by atoms with Gasteiger partial charge in [-0.25, -0.2) is 0 Å². The molecular weight excluding hydrogens is 270 g/mol. The minimum Gasteiger partial charge on any atom is -0.338 e. The van der Waals surface area contributed by atoms with E-state index in [1.165, 1.54) is 6.07 Å². The van der Waals surface area contributed by atoms with Gasteiger partial charge in [0.15, 0.2) is 0 Å². The molecule has 1 unspecified atom stereocenters. The van der Waals surface area contributed by atoms with Crippen molar-refractivity contribution in [3.63, 3.8) is 0 Å². The lowest BCUT2D eigenvalue weighted by Crippen LogP contribution is -2.40. The molecule has 114 valence electrons. The Bertz CT molecular complexity index is 543. The highest BCUT2D eigenvalue weighted by atomic mass is 16.6. The van der Waals surface area contributed by atoms with E-state index in [2.05, 4.69) is 0 Å². The van der Waals surface area contributed by atoms with Crippen molar-refractivity contribution in [1.82, 2.24) is 4.90 Å². The van der Waals surface area contributed by atoms with E-state index in [4.69, 9.17) is 5.73 Å². The number of nitrogens with two attached hydrogens (primary N) is 1. The maximum atomic E-state index is 12.5. The number of nitrogens with zero attached hydrogens (tertiary/aromatic N) is 2. The summed E-state index contributed by atoms with van der Waals surface area (Å²) >= 11 is 0. The van der Waals surface area contributed by atoms with Gasteiger partial charge in [0.2, 0.25) is 0 Å². The molecule has 1 aromatic rings. The summed E-state index contributed by atoms with van der Waals surface area (Å²) in [6.45, 7) is 3.70. The van der Waals surface area contributed by atoms with E-state index in [0.717, 1.165) is 19.3 Å². The number of nitro groups is 1. The number of hydrogen-bond acceptors (Lipinski definition) is 4. The average Bonchev–Trinajstić information content (AvgIpc) is 2.47. The Hall–Kier alpha value is -1.95. The van der Waals surface area contributed by atoms with E-state index in [1.807, 2.05) is 0 Å². The van der Waals surface area contributed by atoms with Crippen LogP contribution in [0.3, 0.4) is 0 Å². The van der Waals surface area contributed by atoms with E-state index in [-0.39, 0.29) is 11.6 Å². The maximum absolute atomic E-state index is 12.5. The molecule has 1 fully saturated rings. The van der Waals surface area contributed by atoms with E-state index < -0.39 is 4.92 Å². The van der Waals surface area contributed by atoms with Crippen LogP contribution in [0.5, 0.6) is 0 Å². The summed E-state index contributed by atoms with van der Waals surface area (Å²) in [6, 6.07) is 4.67. The SMILES string of the molecule is Cc1ccc(C(=O)N2CCCC(CCN)C2)cc1[N+](=O)[O-]. The molecule has 1 atom stereocenters. The zero-order valence-electron chi connectivity index (χ0n) is 12.2. The first-order valence-corrected chi connectivity index (χ1v) is 7.27. The molecule has 1 aliphatic rings. The fourth-order valence-corrected chi connectivity index (χ4v) is 2.84. The fraction of sp³-hybridized carbons (Fsp3) is 0.533. The van der Waals surface area contributed by atoms with Gasteiger partial charge in [-0.15, -0.1) is 0 Å². The molecule has 0 aromatic heterocycles. The van der Waals surface area contributed by atoms with Crippen molar-refractivity contribution in [2.45, 2.75) is 26.2 Å². The van der Waals surface area contributed by atoms with E-state index in [0.29, 0.717) is 36.7 Å². The minimum absolute atomic E-state index is 0.00336. The number of nitro benzene ring substituents is 1. The van der Waals surface area contributed by atoms with Crippen LogP contribution in [-0.4, -0.2) is 35.4 Å². The largest absolute Gasteiger partial charge is 0.338 e. The topological polar surface area (TPSA) is 89.5 Å². The number of likely N-dealkylation sites (tertiary alicyclic amines) is 1. The van der Waals surface area contributed by atoms with Crippen LogP contribution in [0.2, 0.25) is 0 Å². The Balaban J connectivity index is 2.16. The van der Waals surface area contributed by atoms with Gasteiger partial charge in [-0.05, 0) is 44.7 Å². The molecule has 1 aromatic carbocycles. The highest BCUT2D eigenvalue weighted by Crippen LogP contribution is 2.24. The molecule has 2 N–H and O–H groups in total. The predicted molar refractivity (Wildman–Crippen MR) is 80.1 cm³/mol. The summed E-state index contributed by atoms with van der Waals surface area (Å²) in [5.41, 5.74) is 6.54. The Kier molecular flexibility index (Phi) is 4.90. The molecule has 1 saturated heterocycles. The normalized spacial score (nSPS) is 18.6. The van der Waals surface area contributed by atoms with Crippen LogP contribution in [0.25, 0.3) is 0 Å². The van der Waals surface area contributed by atoms with Crippen molar-refractivity contribution >= 4 is 11.6 Å². The van der Waals surface area contributed by atoms with Gasteiger partial charge < -0.3 is 10.6 Å². The van der Waals surface area contributed by atoms with Gasteiger partial charge in [0.05, 0.1) is 4.92 Å². The number of amides is 1.